The molecule has 0 bridgehead atoms. The molecule has 22 heavy (non-hydrogen) atoms. The van der Waals surface area contributed by atoms with E-state index in [1.165, 1.54) is 0 Å². The molecule has 4 nitrogen and oxygen atoms in total. The number of hydrogen-bond donors (Lipinski definition) is 0. The van der Waals surface area contributed by atoms with Gasteiger partial charge < -0.3 is 4.57 Å². The highest BCUT2D eigenvalue weighted by Gasteiger charge is 2.10. The average Bonchev–Trinajstić information content (AvgIpc) is 2.91. The van der Waals surface area contributed by atoms with Gasteiger partial charge in [0.05, 0.1) is 23.5 Å². The van der Waals surface area contributed by atoms with Gasteiger partial charge in [-0.25, -0.2) is 4.98 Å². The number of aromatic nitrogens is 3. The zero-order valence-corrected chi connectivity index (χ0v) is 13.0. The van der Waals surface area contributed by atoms with Crippen LogP contribution < -0.4 is 0 Å². The minimum Gasteiger partial charge on any atom is -0.318 e. The van der Waals surface area contributed by atoms with E-state index in [0.717, 1.165) is 34.1 Å². The number of thioether (sulfide) groups is 1. The van der Waals surface area contributed by atoms with Crippen LogP contribution in [-0.4, -0.2) is 20.3 Å². The Labute approximate surface area is 133 Å². The van der Waals surface area contributed by atoms with Crippen LogP contribution in [0.25, 0.3) is 11.0 Å². The lowest BCUT2D eigenvalue weighted by molar-refractivity contribution is 0.666. The molecule has 0 saturated heterocycles. The Balaban J connectivity index is 1.76. The van der Waals surface area contributed by atoms with Crippen molar-refractivity contribution in [2.45, 2.75) is 24.5 Å². The second-order valence-corrected chi connectivity index (χ2v) is 5.92. The van der Waals surface area contributed by atoms with Gasteiger partial charge in [0.25, 0.3) is 0 Å². The molecule has 0 amide bonds. The molecule has 0 aliphatic carbocycles. The van der Waals surface area contributed by atoms with E-state index in [1.54, 1.807) is 11.8 Å². The molecule has 0 fully saturated rings. The Kier molecular flexibility index (Phi) is 4.71. The smallest absolute Gasteiger partial charge is 0.169 e. The largest absolute Gasteiger partial charge is 0.318 e. The van der Waals surface area contributed by atoms with E-state index in [-0.39, 0.29) is 0 Å². The topological polar surface area (TPSA) is 54.5 Å². The maximum absolute atomic E-state index is 8.85. The number of para-hydroxylation sites is 2. The van der Waals surface area contributed by atoms with Crippen molar-refractivity contribution in [2.75, 3.05) is 5.75 Å². The third-order valence-corrected chi connectivity index (χ3v) is 4.36. The maximum Gasteiger partial charge on any atom is 0.169 e. The van der Waals surface area contributed by atoms with E-state index in [9.17, 15) is 0 Å². The highest BCUT2D eigenvalue weighted by molar-refractivity contribution is 7.99. The van der Waals surface area contributed by atoms with Gasteiger partial charge in [0.1, 0.15) is 0 Å². The lowest BCUT2D eigenvalue weighted by Gasteiger charge is -2.06. The van der Waals surface area contributed by atoms with Crippen molar-refractivity contribution in [1.29, 1.82) is 5.26 Å². The minimum absolute atomic E-state index is 0.494. The second kappa shape index (κ2) is 7.10. The second-order valence-electron chi connectivity index (χ2n) is 4.86. The van der Waals surface area contributed by atoms with Crippen LogP contribution in [-0.2, 0) is 13.0 Å². The van der Waals surface area contributed by atoms with Crippen LogP contribution in [0.5, 0.6) is 0 Å². The van der Waals surface area contributed by atoms with Gasteiger partial charge in [0.15, 0.2) is 5.16 Å². The summed E-state index contributed by atoms with van der Waals surface area (Å²) in [6, 6.07) is 16.3. The molecule has 110 valence electrons. The highest BCUT2D eigenvalue weighted by atomic mass is 32.2. The molecular weight excluding hydrogens is 292 g/mol. The summed E-state index contributed by atoms with van der Waals surface area (Å²) in [6.45, 7) is 0.683. The van der Waals surface area contributed by atoms with Crippen molar-refractivity contribution in [3.63, 3.8) is 0 Å². The Morgan fingerprint density at radius 1 is 1.14 bits per heavy atom. The van der Waals surface area contributed by atoms with Crippen LogP contribution >= 0.6 is 11.8 Å². The Bertz CT molecular complexity index is 789. The van der Waals surface area contributed by atoms with E-state index in [1.807, 2.05) is 42.6 Å². The maximum atomic E-state index is 8.85. The van der Waals surface area contributed by atoms with Crippen molar-refractivity contribution in [3.8, 4) is 6.07 Å². The first-order chi connectivity index (χ1) is 10.9. The summed E-state index contributed by atoms with van der Waals surface area (Å²) in [4.78, 5) is 9.03. The number of rotatable bonds is 6. The van der Waals surface area contributed by atoms with Gasteiger partial charge in [-0.1, -0.05) is 30.0 Å². The molecule has 2 aromatic heterocycles. The zero-order chi connectivity index (χ0) is 15.2. The van der Waals surface area contributed by atoms with Crippen LogP contribution in [0, 0.1) is 11.3 Å². The number of hydrogen-bond acceptors (Lipinski definition) is 4. The van der Waals surface area contributed by atoms with Gasteiger partial charge in [0, 0.05) is 24.2 Å². The number of imidazole rings is 1. The molecule has 0 saturated carbocycles. The van der Waals surface area contributed by atoms with E-state index < -0.39 is 0 Å². The molecule has 0 N–H and O–H groups in total. The predicted molar refractivity (Wildman–Crippen MR) is 88.6 cm³/mol. The predicted octanol–water partition coefficient (Wildman–Crippen LogP) is 3.68. The van der Waals surface area contributed by atoms with Crippen molar-refractivity contribution in [3.05, 3.63) is 54.4 Å². The molecule has 3 aromatic rings. The van der Waals surface area contributed by atoms with E-state index in [0.29, 0.717) is 13.0 Å². The van der Waals surface area contributed by atoms with Gasteiger partial charge >= 0.3 is 0 Å². The van der Waals surface area contributed by atoms with Crippen LogP contribution in [0.3, 0.4) is 0 Å². The number of fused-ring (bicyclic) bond motifs is 1. The van der Waals surface area contributed by atoms with E-state index in [2.05, 4.69) is 21.7 Å². The Morgan fingerprint density at radius 3 is 2.82 bits per heavy atom. The lowest BCUT2D eigenvalue weighted by Crippen LogP contribution is -2.00. The number of benzene rings is 1. The minimum atomic E-state index is 0.494. The standard InChI is InChI=1S/C17H16N4S/c18-10-5-12-21-16-8-2-1-7-15(16)20-17(21)22-13-9-14-6-3-4-11-19-14/h1-4,6-8,11H,5,9,12-13H2. The van der Waals surface area contributed by atoms with Crippen LogP contribution in [0.1, 0.15) is 12.1 Å². The fraction of sp³-hybridized carbons (Fsp3) is 0.235. The third-order valence-electron chi connectivity index (χ3n) is 3.38. The SMILES string of the molecule is N#CCCn1c(SCCc2ccccn2)nc2ccccc21. The molecule has 0 aliphatic rings. The number of aryl methyl sites for hydroxylation is 2. The van der Waals surface area contributed by atoms with Crippen LogP contribution in [0.15, 0.2) is 53.8 Å². The monoisotopic (exact) mass is 308 g/mol. The summed E-state index contributed by atoms with van der Waals surface area (Å²) in [5.74, 6) is 0.924. The summed E-state index contributed by atoms with van der Waals surface area (Å²) in [7, 11) is 0. The van der Waals surface area contributed by atoms with Crippen molar-refractivity contribution in [1.82, 2.24) is 14.5 Å². The summed E-state index contributed by atoms with van der Waals surface area (Å²) in [6.07, 6.45) is 3.23. The molecule has 3 rings (SSSR count). The fourth-order valence-corrected chi connectivity index (χ4v) is 3.34. The first kappa shape index (κ1) is 14.6. The van der Waals surface area contributed by atoms with Crippen molar-refractivity contribution in [2.24, 2.45) is 0 Å². The van der Waals surface area contributed by atoms with Gasteiger partial charge in [-0.2, -0.15) is 5.26 Å². The molecular formula is C17H16N4S. The first-order valence-electron chi connectivity index (χ1n) is 7.23. The van der Waals surface area contributed by atoms with Gasteiger partial charge in [-0.3, -0.25) is 4.98 Å². The number of pyridine rings is 1. The van der Waals surface area contributed by atoms with Crippen molar-refractivity contribution < 1.29 is 0 Å². The van der Waals surface area contributed by atoms with Crippen LogP contribution in [0.2, 0.25) is 0 Å². The average molecular weight is 308 g/mol. The summed E-state index contributed by atoms with van der Waals surface area (Å²) in [5, 5.41) is 9.83. The lowest BCUT2D eigenvalue weighted by atomic mass is 10.3. The molecule has 5 heteroatoms. The molecule has 0 spiro atoms. The molecule has 1 aromatic carbocycles. The Morgan fingerprint density at radius 2 is 2.00 bits per heavy atom. The molecule has 0 atom stereocenters. The molecule has 2 heterocycles. The Hall–Kier alpha value is -2.32. The van der Waals surface area contributed by atoms with Gasteiger partial charge in [-0.15, -0.1) is 0 Å². The molecule has 0 aliphatic heterocycles. The van der Waals surface area contributed by atoms with E-state index >= 15 is 0 Å². The van der Waals surface area contributed by atoms with E-state index in [4.69, 9.17) is 10.2 Å². The third kappa shape index (κ3) is 3.29. The quantitative estimate of drug-likeness (QED) is 0.652. The first-order valence-corrected chi connectivity index (χ1v) is 8.22. The van der Waals surface area contributed by atoms with Gasteiger partial charge in [0.2, 0.25) is 0 Å². The summed E-state index contributed by atoms with van der Waals surface area (Å²) < 4.78 is 2.14. The normalized spacial score (nSPS) is 10.7. The molecule has 0 unspecified atom stereocenters. The number of nitrogens with zero attached hydrogens (tertiary/aromatic N) is 4. The summed E-state index contributed by atoms with van der Waals surface area (Å²) in [5.41, 5.74) is 3.17. The fourth-order valence-electron chi connectivity index (χ4n) is 2.33. The zero-order valence-electron chi connectivity index (χ0n) is 12.1. The number of nitriles is 1. The van der Waals surface area contributed by atoms with Crippen LogP contribution in [0.4, 0.5) is 0 Å². The van der Waals surface area contributed by atoms with Gasteiger partial charge in [-0.05, 0) is 30.7 Å². The van der Waals surface area contributed by atoms with Crippen molar-refractivity contribution >= 4 is 22.8 Å². The molecule has 0 radical (unpaired) electrons. The highest BCUT2D eigenvalue weighted by Crippen LogP contribution is 2.24. The summed E-state index contributed by atoms with van der Waals surface area (Å²) >= 11 is 1.72.